The van der Waals surface area contributed by atoms with Crippen LogP contribution in [0.3, 0.4) is 0 Å². The molecule has 0 spiro atoms. The maximum Gasteiger partial charge on any atom is 0.416 e. The summed E-state index contributed by atoms with van der Waals surface area (Å²) < 4.78 is 55.7. The van der Waals surface area contributed by atoms with Crippen LogP contribution in [0, 0.1) is 0 Å². The highest BCUT2D eigenvalue weighted by Crippen LogP contribution is 2.34. The standard InChI is InChI=1S/C19H28F3N3O3/c1-3-23-18(24-8-4-9-28-16-7-10-27-13-16)25-12-14-5-6-15(26-2)11-17(14)19(20,21)22/h5-6,11,16H,3-4,7-10,12-13H2,1-2H3,(H2,23,24,25). The number of nitrogens with zero attached hydrogens (tertiary/aromatic N) is 1. The monoisotopic (exact) mass is 403 g/mol. The minimum absolute atomic E-state index is 0.0927. The van der Waals surface area contributed by atoms with Crippen molar-refractivity contribution in [3.8, 4) is 5.75 Å². The molecule has 1 aliphatic rings. The molecule has 9 heteroatoms. The quantitative estimate of drug-likeness (QED) is 0.377. The van der Waals surface area contributed by atoms with Gasteiger partial charge in [0.15, 0.2) is 5.96 Å². The van der Waals surface area contributed by atoms with Gasteiger partial charge < -0.3 is 24.8 Å². The Bertz CT molecular complexity index is 633. The van der Waals surface area contributed by atoms with E-state index >= 15 is 0 Å². The average molecular weight is 403 g/mol. The van der Waals surface area contributed by atoms with Gasteiger partial charge in [-0.05, 0) is 37.5 Å². The van der Waals surface area contributed by atoms with Crippen LogP contribution < -0.4 is 15.4 Å². The van der Waals surface area contributed by atoms with Crippen LogP contribution in [0.25, 0.3) is 0 Å². The van der Waals surface area contributed by atoms with Gasteiger partial charge in [0.1, 0.15) is 5.75 Å². The maximum atomic E-state index is 13.3. The van der Waals surface area contributed by atoms with E-state index in [9.17, 15) is 13.2 Å². The summed E-state index contributed by atoms with van der Waals surface area (Å²) in [5, 5.41) is 6.16. The van der Waals surface area contributed by atoms with Crippen molar-refractivity contribution < 1.29 is 27.4 Å². The van der Waals surface area contributed by atoms with Crippen molar-refractivity contribution in [2.45, 2.75) is 38.6 Å². The van der Waals surface area contributed by atoms with Gasteiger partial charge in [-0.3, -0.25) is 0 Å². The highest BCUT2D eigenvalue weighted by atomic mass is 19.4. The van der Waals surface area contributed by atoms with E-state index in [1.807, 2.05) is 6.92 Å². The van der Waals surface area contributed by atoms with Gasteiger partial charge in [-0.25, -0.2) is 4.99 Å². The number of guanidine groups is 1. The van der Waals surface area contributed by atoms with Crippen LogP contribution in [-0.4, -0.2) is 52.1 Å². The van der Waals surface area contributed by atoms with Crippen LogP contribution in [0.2, 0.25) is 0 Å². The number of aliphatic imine (C=N–C) groups is 1. The summed E-state index contributed by atoms with van der Waals surface area (Å²) in [6.45, 7) is 4.99. The smallest absolute Gasteiger partial charge is 0.416 e. The maximum absolute atomic E-state index is 13.3. The van der Waals surface area contributed by atoms with Crippen LogP contribution in [-0.2, 0) is 22.2 Å². The first-order chi connectivity index (χ1) is 13.4. The molecular formula is C19H28F3N3O3. The molecule has 0 amide bonds. The number of hydrogen-bond donors (Lipinski definition) is 2. The van der Waals surface area contributed by atoms with E-state index in [1.165, 1.54) is 19.2 Å². The zero-order valence-electron chi connectivity index (χ0n) is 16.3. The van der Waals surface area contributed by atoms with Crippen molar-refractivity contribution in [2.24, 2.45) is 4.99 Å². The normalized spacial score (nSPS) is 17.6. The number of methoxy groups -OCH3 is 1. The minimum atomic E-state index is -4.47. The first-order valence-electron chi connectivity index (χ1n) is 9.39. The van der Waals surface area contributed by atoms with Crippen LogP contribution in [0.1, 0.15) is 30.9 Å². The summed E-state index contributed by atoms with van der Waals surface area (Å²) in [4.78, 5) is 4.28. The molecule has 2 rings (SSSR count). The van der Waals surface area contributed by atoms with Crippen molar-refractivity contribution in [3.63, 3.8) is 0 Å². The van der Waals surface area contributed by atoms with Gasteiger partial charge in [-0.1, -0.05) is 6.07 Å². The summed E-state index contributed by atoms with van der Waals surface area (Å²) in [7, 11) is 1.34. The molecule has 0 aliphatic carbocycles. The predicted molar refractivity (Wildman–Crippen MR) is 101 cm³/mol. The Balaban J connectivity index is 1.90. The lowest BCUT2D eigenvalue weighted by Crippen LogP contribution is -2.38. The molecule has 0 bridgehead atoms. The molecule has 1 aromatic carbocycles. The molecule has 1 aliphatic heterocycles. The molecule has 28 heavy (non-hydrogen) atoms. The van der Waals surface area contributed by atoms with Gasteiger partial charge in [0.05, 0.1) is 31.9 Å². The fourth-order valence-electron chi connectivity index (χ4n) is 2.76. The number of benzene rings is 1. The fraction of sp³-hybridized carbons (Fsp3) is 0.632. The number of ether oxygens (including phenoxy) is 3. The lowest BCUT2D eigenvalue weighted by atomic mass is 10.1. The van der Waals surface area contributed by atoms with Crippen molar-refractivity contribution in [2.75, 3.05) is 40.0 Å². The highest BCUT2D eigenvalue weighted by Gasteiger charge is 2.33. The minimum Gasteiger partial charge on any atom is -0.497 e. The molecule has 2 N–H and O–H groups in total. The van der Waals surface area contributed by atoms with Gasteiger partial charge in [0, 0.05) is 26.3 Å². The van der Waals surface area contributed by atoms with Crippen molar-refractivity contribution in [1.82, 2.24) is 10.6 Å². The second-order valence-electron chi connectivity index (χ2n) is 6.35. The Morgan fingerprint density at radius 1 is 1.32 bits per heavy atom. The Labute approximate surface area is 163 Å². The second-order valence-corrected chi connectivity index (χ2v) is 6.35. The third-order valence-electron chi connectivity index (χ3n) is 4.23. The Kier molecular flexibility index (Phi) is 8.85. The molecular weight excluding hydrogens is 375 g/mol. The van der Waals surface area contributed by atoms with E-state index in [-0.39, 0.29) is 24.0 Å². The summed E-state index contributed by atoms with van der Waals surface area (Å²) >= 11 is 0. The molecule has 0 radical (unpaired) electrons. The summed E-state index contributed by atoms with van der Waals surface area (Å²) in [5.74, 6) is 0.633. The van der Waals surface area contributed by atoms with E-state index in [0.29, 0.717) is 32.3 Å². The Morgan fingerprint density at radius 3 is 2.79 bits per heavy atom. The second kappa shape index (κ2) is 11.1. The van der Waals surface area contributed by atoms with Crippen molar-refractivity contribution >= 4 is 5.96 Å². The van der Waals surface area contributed by atoms with Gasteiger partial charge in [0.25, 0.3) is 0 Å². The average Bonchev–Trinajstić information content (AvgIpc) is 3.18. The number of hydrogen-bond acceptors (Lipinski definition) is 4. The van der Waals surface area contributed by atoms with Crippen molar-refractivity contribution in [1.29, 1.82) is 0 Å². The fourth-order valence-corrected chi connectivity index (χ4v) is 2.76. The molecule has 1 atom stereocenters. The molecule has 1 heterocycles. The Hall–Kier alpha value is -2.00. The van der Waals surface area contributed by atoms with E-state index < -0.39 is 11.7 Å². The third kappa shape index (κ3) is 7.20. The van der Waals surface area contributed by atoms with E-state index in [1.54, 1.807) is 0 Å². The molecule has 0 aromatic heterocycles. The topological polar surface area (TPSA) is 64.1 Å². The van der Waals surface area contributed by atoms with E-state index in [0.717, 1.165) is 25.5 Å². The van der Waals surface area contributed by atoms with Gasteiger partial charge in [-0.15, -0.1) is 0 Å². The van der Waals surface area contributed by atoms with Crippen LogP contribution in [0.4, 0.5) is 13.2 Å². The predicted octanol–water partition coefficient (Wildman–Crippen LogP) is 2.96. The van der Waals surface area contributed by atoms with E-state index in [2.05, 4.69) is 15.6 Å². The van der Waals surface area contributed by atoms with Crippen LogP contribution in [0.5, 0.6) is 5.75 Å². The van der Waals surface area contributed by atoms with Gasteiger partial charge >= 0.3 is 6.18 Å². The lowest BCUT2D eigenvalue weighted by molar-refractivity contribution is -0.138. The molecule has 1 aromatic rings. The van der Waals surface area contributed by atoms with E-state index in [4.69, 9.17) is 14.2 Å². The summed E-state index contributed by atoms with van der Waals surface area (Å²) in [6, 6.07) is 3.89. The number of nitrogens with one attached hydrogen (secondary N) is 2. The van der Waals surface area contributed by atoms with Gasteiger partial charge in [-0.2, -0.15) is 13.2 Å². The molecule has 0 saturated carbocycles. The largest absolute Gasteiger partial charge is 0.497 e. The third-order valence-corrected chi connectivity index (χ3v) is 4.23. The zero-order chi connectivity index (χ0) is 20.4. The first-order valence-corrected chi connectivity index (χ1v) is 9.39. The zero-order valence-corrected chi connectivity index (χ0v) is 16.3. The van der Waals surface area contributed by atoms with Crippen LogP contribution >= 0.6 is 0 Å². The summed E-state index contributed by atoms with van der Waals surface area (Å²) in [5.41, 5.74) is -0.645. The number of alkyl halides is 3. The molecule has 158 valence electrons. The number of rotatable bonds is 9. The molecule has 1 fully saturated rings. The highest BCUT2D eigenvalue weighted by molar-refractivity contribution is 5.79. The number of halogens is 3. The van der Waals surface area contributed by atoms with Crippen LogP contribution in [0.15, 0.2) is 23.2 Å². The first kappa shape index (κ1) is 22.3. The summed E-state index contributed by atoms with van der Waals surface area (Å²) in [6.07, 6.45) is -2.62. The molecule has 1 unspecified atom stereocenters. The molecule has 6 nitrogen and oxygen atoms in total. The van der Waals surface area contributed by atoms with Crippen molar-refractivity contribution in [3.05, 3.63) is 29.3 Å². The molecule has 1 saturated heterocycles. The SMILES string of the molecule is CCNC(=NCc1ccc(OC)cc1C(F)(F)F)NCCCOC1CCOC1. The van der Waals surface area contributed by atoms with Gasteiger partial charge in [0.2, 0.25) is 0 Å². The Morgan fingerprint density at radius 2 is 2.14 bits per heavy atom. The lowest BCUT2D eigenvalue weighted by Gasteiger charge is -2.15.